The van der Waals surface area contributed by atoms with E-state index in [0.717, 1.165) is 30.4 Å². The van der Waals surface area contributed by atoms with Gasteiger partial charge in [0.05, 0.1) is 32.8 Å². The molecular formula is C25H20N4Na2O9S3. The number of amides is 1. The molecule has 0 bridgehead atoms. The number of carbonyl (C=O) groups excluding carboxylic acids is 2. The number of fused-ring (bicyclic) bond motifs is 1. The van der Waals surface area contributed by atoms with Gasteiger partial charge >= 0.3 is 59.1 Å². The Labute approximate surface area is 295 Å². The van der Waals surface area contributed by atoms with Gasteiger partial charge in [0.2, 0.25) is 6.04 Å². The molecule has 0 saturated heterocycles. The first-order valence-electron chi connectivity index (χ1n) is 11.5. The van der Waals surface area contributed by atoms with E-state index in [-0.39, 0.29) is 91.2 Å². The molecule has 18 heteroatoms. The van der Waals surface area contributed by atoms with Gasteiger partial charge in [0.25, 0.3) is 5.91 Å². The van der Waals surface area contributed by atoms with Gasteiger partial charge in [-0.05, 0) is 55.8 Å². The predicted molar refractivity (Wildman–Crippen MR) is 146 cm³/mol. The maximum Gasteiger partial charge on any atom is 1.00 e. The average molecular weight is 663 g/mol. The van der Waals surface area contributed by atoms with Gasteiger partial charge in [-0.25, -0.2) is 21.8 Å². The molecule has 0 aliphatic carbocycles. The van der Waals surface area contributed by atoms with Crippen LogP contribution in [0, 0.1) is 6.92 Å². The van der Waals surface area contributed by atoms with Crippen molar-refractivity contribution >= 4 is 64.9 Å². The number of para-hydroxylation sites is 2. The van der Waals surface area contributed by atoms with Crippen molar-refractivity contribution in [3.05, 3.63) is 60.2 Å². The van der Waals surface area contributed by atoms with E-state index in [0.29, 0.717) is 5.75 Å². The molecule has 43 heavy (non-hydrogen) atoms. The molecular weight excluding hydrogens is 642 g/mol. The minimum Gasteiger partial charge on any atom is -0.744 e. The first-order chi connectivity index (χ1) is 19.2. The molecule has 1 N–H and O–H groups in total. The van der Waals surface area contributed by atoms with Crippen molar-refractivity contribution in [2.75, 3.05) is 12.4 Å². The fourth-order valence-corrected chi connectivity index (χ4v) is 6.73. The van der Waals surface area contributed by atoms with Crippen LogP contribution >= 0.6 is 11.3 Å². The molecule has 0 spiro atoms. The van der Waals surface area contributed by atoms with E-state index in [2.05, 4.69) is 20.5 Å². The summed E-state index contributed by atoms with van der Waals surface area (Å²) in [6, 6.07) is 11.1. The first-order valence-corrected chi connectivity index (χ1v) is 15.2. The first kappa shape index (κ1) is 37.1. The zero-order valence-electron chi connectivity index (χ0n) is 23.5. The Morgan fingerprint density at radius 1 is 1.00 bits per heavy atom. The number of nitrogens with one attached hydrogen (secondary N) is 1. The number of anilines is 1. The van der Waals surface area contributed by atoms with Gasteiger partial charge in [-0.1, -0.05) is 18.2 Å². The zero-order valence-corrected chi connectivity index (χ0v) is 30.0. The van der Waals surface area contributed by atoms with Crippen molar-refractivity contribution in [1.29, 1.82) is 0 Å². The van der Waals surface area contributed by atoms with Crippen LogP contribution in [0.5, 0.6) is 5.75 Å². The SMILES string of the molecule is COc1ccccc1NC(=O)[C@H](N=Nc1ccc(-c2nc3ccc(C)c(S(=O)(=O)[O-])c3s2)cc1S(=O)(=O)[O-])C(C)=O.[Na+].[Na+]. The number of ketones is 1. The van der Waals surface area contributed by atoms with E-state index < -0.39 is 53.4 Å². The quantitative estimate of drug-likeness (QED) is 0.0884. The Hall–Kier alpha value is -2.09. The molecule has 0 saturated carbocycles. The standard InChI is InChI=1S/C25H22N4O9S3.2Na/c1-13-8-10-18-22(23(13)41(35,36)37)39-25(27-18)15-9-11-17(20(12-15)40(32,33)34)28-29-21(14(2)30)24(31)26-16-6-4-5-7-19(16)38-3;;/h4-12,21H,1-3H3,(H,26,31)(H,32,33,34)(H,35,36,37);;/q;2*+1/p-2/t21-;;/m1../s1. The second-order valence-corrected chi connectivity index (χ2v) is 12.3. The maximum absolute atomic E-state index is 12.8. The Morgan fingerprint density at radius 2 is 1.67 bits per heavy atom. The molecule has 1 aromatic heterocycles. The third-order valence-corrected chi connectivity index (χ3v) is 8.87. The second kappa shape index (κ2) is 14.8. The molecule has 4 aromatic rings. The minimum atomic E-state index is -5.15. The summed E-state index contributed by atoms with van der Waals surface area (Å²) in [5.41, 5.74) is 0.331. The third kappa shape index (κ3) is 8.55. The normalized spacial score (nSPS) is 12.3. The monoisotopic (exact) mass is 662 g/mol. The minimum absolute atomic E-state index is 0. The molecule has 214 valence electrons. The summed E-state index contributed by atoms with van der Waals surface area (Å²) in [4.78, 5) is 28.0. The number of benzene rings is 3. The van der Waals surface area contributed by atoms with Crippen LogP contribution in [-0.4, -0.2) is 55.8 Å². The van der Waals surface area contributed by atoms with Crippen LogP contribution in [0.25, 0.3) is 20.8 Å². The van der Waals surface area contributed by atoms with Crippen LogP contribution in [0.2, 0.25) is 0 Å². The molecule has 4 rings (SSSR count). The molecule has 0 fully saturated rings. The molecule has 0 aliphatic heterocycles. The van der Waals surface area contributed by atoms with Gasteiger partial charge < -0.3 is 19.2 Å². The van der Waals surface area contributed by atoms with E-state index in [9.17, 15) is 35.5 Å². The molecule has 13 nitrogen and oxygen atoms in total. The fourth-order valence-electron chi connectivity index (χ4n) is 3.82. The third-order valence-electron chi connectivity index (χ3n) is 5.71. The van der Waals surface area contributed by atoms with E-state index in [1.54, 1.807) is 18.2 Å². The molecule has 0 aliphatic rings. The number of aryl methyl sites for hydroxylation is 1. The van der Waals surface area contributed by atoms with E-state index in [4.69, 9.17) is 4.74 Å². The summed E-state index contributed by atoms with van der Waals surface area (Å²) in [5, 5.41) is 10.1. The van der Waals surface area contributed by atoms with Crippen LogP contribution < -0.4 is 69.2 Å². The molecule has 0 radical (unpaired) electrons. The summed E-state index contributed by atoms with van der Waals surface area (Å²) < 4.78 is 77.0. The fraction of sp³-hybridized carbons (Fsp3) is 0.160. The zero-order chi connectivity index (χ0) is 30.1. The van der Waals surface area contributed by atoms with Gasteiger partial charge in [-0.3, -0.25) is 9.59 Å². The number of aromatic nitrogens is 1. The van der Waals surface area contributed by atoms with E-state index in [1.807, 2.05) is 0 Å². The number of Topliss-reactive ketones (excluding diaryl/α,β-unsaturated/α-hetero) is 1. The van der Waals surface area contributed by atoms with Crippen molar-refractivity contribution in [1.82, 2.24) is 4.98 Å². The van der Waals surface area contributed by atoms with Gasteiger partial charge in [-0.2, -0.15) is 10.2 Å². The number of carbonyl (C=O) groups is 2. The summed E-state index contributed by atoms with van der Waals surface area (Å²) in [6.07, 6.45) is 0. The Kier molecular flexibility index (Phi) is 12.8. The van der Waals surface area contributed by atoms with E-state index >= 15 is 0 Å². The number of azo groups is 1. The summed E-state index contributed by atoms with van der Waals surface area (Å²) in [7, 11) is -8.60. The van der Waals surface area contributed by atoms with Crippen LogP contribution in [0.1, 0.15) is 12.5 Å². The average Bonchev–Trinajstić information content (AvgIpc) is 3.31. The summed E-state index contributed by atoms with van der Waals surface area (Å²) in [5.74, 6) is -1.26. The van der Waals surface area contributed by atoms with Crippen molar-refractivity contribution in [3.63, 3.8) is 0 Å². The number of nitrogens with zero attached hydrogens (tertiary/aromatic N) is 3. The molecule has 3 aromatic carbocycles. The smallest absolute Gasteiger partial charge is 0.744 e. The number of thiazole rings is 1. The van der Waals surface area contributed by atoms with Crippen LogP contribution in [0.4, 0.5) is 11.4 Å². The molecule has 1 amide bonds. The van der Waals surface area contributed by atoms with Gasteiger partial charge in [0, 0.05) is 5.56 Å². The molecule has 0 unspecified atom stereocenters. The molecule has 1 atom stereocenters. The number of ether oxygens (including phenoxy) is 1. The van der Waals surface area contributed by atoms with E-state index in [1.165, 1.54) is 38.3 Å². The number of rotatable bonds is 9. The maximum atomic E-state index is 12.8. The van der Waals surface area contributed by atoms with Crippen molar-refractivity contribution in [2.45, 2.75) is 29.7 Å². The molecule has 1 heterocycles. The predicted octanol–water partition coefficient (Wildman–Crippen LogP) is -2.22. The van der Waals surface area contributed by atoms with Gasteiger partial charge in [0.15, 0.2) is 5.78 Å². The van der Waals surface area contributed by atoms with Crippen LogP contribution in [0.3, 0.4) is 0 Å². The van der Waals surface area contributed by atoms with Crippen molar-refractivity contribution < 1.29 is 99.4 Å². The van der Waals surface area contributed by atoms with Crippen LogP contribution in [0.15, 0.2) is 74.6 Å². The second-order valence-electron chi connectivity index (χ2n) is 8.59. The van der Waals surface area contributed by atoms with Gasteiger partial charge in [0.1, 0.15) is 36.7 Å². The Balaban J connectivity index is 0.00000323. The number of hydrogen-bond donors (Lipinski definition) is 1. The van der Waals surface area contributed by atoms with Crippen molar-refractivity contribution in [2.24, 2.45) is 10.2 Å². The topological polar surface area (TPSA) is 207 Å². The largest absolute Gasteiger partial charge is 1.00 e. The number of methoxy groups -OCH3 is 1. The summed E-state index contributed by atoms with van der Waals surface area (Å²) >= 11 is 0.824. The Bertz CT molecular complexity index is 1950. The number of hydrogen-bond acceptors (Lipinski definition) is 13. The van der Waals surface area contributed by atoms with Crippen molar-refractivity contribution in [3.8, 4) is 16.3 Å². The van der Waals surface area contributed by atoms with Gasteiger partial charge in [-0.15, -0.1) is 11.3 Å². The van der Waals surface area contributed by atoms with Crippen LogP contribution in [-0.2, 0) is 29.8 Å². The Morgan fingerprint density at radius 3 is 2.28 bits per heavy atom. The summed E-state index contributed by atoms with van der Waals surface area (Å²) in [6.45, 7) is 2.54.